The van der Waals surface area contributed by atoms with E-state index < -0.39 is 0 Å². The van der Waals surface area contributed by atoms with Crippen molar-refractivity contribution in [3.8, 4) is 11.1 Å². The zero-order chi connectivity index (χ0) is 36.1. The Hall–Kier alpha value is -5.37. The number of hydrogen-bond donors (Lipinski definition) is 5. The summed E-state index contributed by atoms with van der Waals surface area (Å²) in [7, 11) is 2.04. The van der Waals surface area contributed by atoms with E-state index in [4.69, 9.17) is 21.5 Å². The molecule has 272 valence electrons. The second kappa shape index (κ2) is 13.6. The number of nitrogens with zero attached hydrogens (tertiary/aromatic N) is 6. The summed E-state index contributed by atoms with van der Waals surface area (Å²) in [6, 6.07) is 12.1. The number of anilines is 2. The molecular weight excluding hydrogens is 658 g/mol. The molecule has 52 heavy (non-hydrogen) atoms. The lowest BCUT2D eigenvalue weighted by Gasteiger charge is -2.44. The van der Waals surface area contributed by atoms with Gasteiger partial charge in [0.2, 0.25) is 5.91 Å². The Morgan fingerprint density at radius 3 is 2.46 bits per heavy atom. The molecule has 14 heteroatoms. The average molecular weight is 706 g/mol. The second-order valence-electron chi connectivity index (χ2n) is 14.8. The highest BCUT2D eigenvalue weighted by molar-refractivity contribution is 5.96. The fraction of sp³-hybridized carbons (Fsp3) is 0.447. The molecular formula is C38H47N11O3. The van der Waals surface area contributed by atoms with Gasteiger partial charge in [-0.3, -0.25) is 24.0 Å². The highest BCUT2D eigenvalue weighted by Crippen LogP contribution is 2.45. The number of benzene rings is 1. The van der Waals surface area contributed by atoms with Crippen LogP contribution < -0.4 is 32.3 Å². The predicted octanol–water partition coefficient (Wildman–Crippen LogP) is 2.94. The Balaban J connectivity index is 1.00. The number of likely N-dealkylation sites (tertiary alicyclic amines) is 2. The lowest BCUT2D eigenvalue weighted by molar-refractivity contribution is -0.121. The van der Waals surface area contributed by atoms with Crippen molar-refractivity contribution in [2.75, 3.05) is 43.4 Å². The first kappa shape index (κ1) is 33.8. The van der Waals surface area contributed by atoms with E-state index in [2.05, 4.69) is 43.4 Å². The Kier molecular flexibility index (Phi) is 8.85. The van der Waals surface area contributed by atoms with Crippen LogP contribution in [-0.2, 0) is 16.1 Å². The molecule has 5 heterocycles. The number of rotatable bonds is 11. The third-order valence-corrected chi connectivity index (χ3v) is 10.8. The minimum atomic E-state index is -0.382. The van der Waals surface area contributed by atoms with E-state index in [1.54, 1.807) is 0 Å². The topological polar surface area (TPSA) is 180 Å². The third-order valence-electron chi connectivity index (χ3n) is 10.8. The van der Waals surface area contributed by atoms with Gasteiger partial charge in [0.1, 0.15) is 17.2 Å². The first-order valence-electron chi connectivity index (χ1n) is 18.4. The van der Waals surface area contributed by atoms with Gasteiger partial charge in [0, 0.05) is 68.4 Å². The zero-order valence-corrected chi connectivity index (χ0v) is 29.8. The number of amides is 3. The average Bonchev–Trinajstić information content (AvgIpc) is 4.04. The number of carbonyl (C=O) groups excluding carboxylic acids is 3. The van der Waals surface area contributed by atoms with Crippen LogP contribution in [0.15, 0.2) is 65.9 Å². The van der Waals surface area contributed by atoms with Crippen LogP contribution >= 0.6 is 0 Å². The molecule has 4 fully saturated rings. The fourth-order valence-corrected chi connectivity index (χ4v) is 7.41. The molecule has 1 unspecified atom stereocenters. The molecule has 3 aromatic rings. The van der Waals surface area contributed by atoms with Crippen LogP contribution in [0.3, 0.4) is 0 Å². The smallest absolute Gasteiger partial charge is 0.272 e. The predicted molar refractivity (Wildman–Crippen MR) is 197 cm³/mol. The van der Waals surface area contributed by atoms with E-state index in [0.717, 1.165) is 98.6 Å². The molecule has 2 aliphatic carbocycles. The SMILES string of the molecule is CC(c1cccc(C(=O)N2CCCC2)n1)N1CC(n2ncc3c2CN(C)c2c(NC(/C=C(\N)NC(=O)C4CC4)=C(/N)C(=O)NC4CC4)cccc2-3)C1. The summed E-state index contributed by atoms with van der Waals surface area (Å²) in [4.78, 5) is 49.7. The van der Waals surface area contributed by atoms with Crippen molar-refractivity contribution in [1.29, 1.82) is 0 Å². The molecule has 7 N–H and O–H groups in total. The van der Waals surface area contributed by atoms with E-state index in [0.29, 0.717) is 17.9 Å². The van der Waals surface area contributed by atoms with Gasteiger partial charge in [-0.2, -0.15) is 5.10 Å². The lowest BCUT2D eigenvalue weighted by Crippen LogP contribution is -2.49. The molecule has 3 amide bonds. The molecule has 0 spiro atoms. The lowest BCUT2D eigenvalue weighted by atomic mass is 9.97. The quantitative estimate of drug-likeness (QED) is 0.147. The first-order valence-corrected chi connectivity index (χ1v) is 18.4. The van der Waals surface area contributed by atoms with E-state index >= 15 is 0 Å². The van der Waals surface area contributed by atoms with Gasteiger partial charge in [0.15, 0.2) is 0 Å². The molecule has 1 aromatic carbocycles. The van der Waals surface area contributed by atoms with E-state index in [9.17, 15) is 14.4 Å². The highest BCUT2D eigenvalue weighted by atomic mass is 16.2. The van der Waals surface area contributed by atoms with Gasteiger partial charge < -0.3 is 37.2 Å². The first-order chi connectivity index (χ1) is 25.1. The Morgan fingerprint density at radius 2 is 1.73 bits per heavy atom. The van der Waals surface area contributed by atoms with E-state index in [1.165, 1.54) is 6.08 Å². The van der Waals surface area contributed by atoms with Crippen molar-refractivity contribution in [3.63, 3.8) is 0 Å². The maximum atomic E-state index is 13.1. The summed E-state index contributed by atoms with van der Waals surface area (Å²) in [6.07, 6.45) is 9.11. The number of nitrogens with two attached hydrogens (primary N) is 2. The van der Waals surface area contributed by atoms with Gasteiger partial charge in [-0.15, -0.1) is 0 Å². The van der Waals surface area contributed by atoms with Crippen molar-refractivity contribution in [1.82, 2.24) is 35.2 Å². The highest BCUT2D eigenvalue weighted by Gasteiger charge is 2.37. The molecule has 0 bridgehead atoms. The van der Waals surface area contributed by atoms with Crippen molar-refractivity contribution in [2.24, 2.45) is 17.4 Å². The molecule has 2 saturated heterocycles. The molecule has 8 rings (SSSR count). The third kappa shape index (κ3) is 6.70. The van der Waals surface area contributed by atoms with Gasteiger partial charge >= 0.3 is 0 Å². The van der Waals surface area contributed by atoms with Crippen molar-refractivity contribution in [3.05, 3.63) is 83.0 Å². The minimum Gasteiger partial charge on any atom is -0.393 e. The van der Waals surface area contributed by atoms with Gasteiger partial charge in [-0.05, 0) is 63.6 Å². The molecule has 1 atom stereocenters. The second-order valence-corrected chi connectivity index (χ2v) is 14.8. The number of hydrogen-bond acceptors (Lipinski definition) is 10. The van der Waals surface area contributed by atoms with Gasteiger partial charge in [-0.25, -0.2) is 4.98 Å². The number of fused-ring (bicyclic) bond motifs is 3. The summed E-state index contributed by atoms with van der Waals surface area (Å²) in [5.41, 5.74) is 19.3. The van der Waals surface area contributed by atoms with Crippen LogP contribution in [0, 0.1) is 5.92 Å². The fourth-order valence-electron chi connectivity index (χ4n) is 7.41. The normalized spacial score (nSPS) is 20.0. The standard InChI is InChI=1S/C38H47N11O3/c1-22(28-8-6-10-30(43-28)38(52)47-15-3-4-16-47)48-19-25(20-48)49-32-21-46(2)35-26(27(32)18-41-49)7-5-9-29(35)44-31(34(40)37(51)42-24-13-14-24)17-33(39)45-36(50)23-11-12-23/h5-10,17-18,22-25,44H,3-4,11-16,19-21,39-40H2,1-2H3,(H,42,51)(H,45,50)/b33-17+,34-31+. The maximum Gasteiger partial charge on any atom is 0.272 e. The van der Waals surface area contributed by atoms with Crippen LogP contribution in [0.25, 0.3) is 11.1 Å². The number of nitrogens with one attached hydrogen (secondary N) is 3. The van der Waals surface area contributed by atoms with Crippen molar-refractivity contribution < 1.29 is 14.4 Å². The van der Waals surface area contributed by atoms with Crippen LogP contribution in [0.2, 0.25) is 0 Å². The largest absolute Gasteiger partial charge is 0.393 e. The molecule has 14 nitrogen and oxygen atoms in total. The van der Waals surface area contributed by atoms with Crippen molar-refractivity contribution >= 4 is 29.1 Å². The summed E-state index contributed by atoms with van der Waals surface area (Å²) in [6.45, 7) is 6.02. The van der Waals surface area contributed by atoms with E-state index in [1.807, 2.05) is 48.5 Å². The number of para-hydroxylation sites is 1. The van der Waals surface area contributed by atoms with Gasteiger partial charge in [-0.1, -0.05) is 18.2 Å². The summed E-state index contributed by atoms with van der Waals surface area (Å²) in [5, 5.41) is 14.0. The monoisotopic (exact) mass is 705 g/mol. The number of aromatic nitrogens is 3. The van der Waals surface area contributed by atoms with Crippen LogP contribution in [-0.4, -0.2) is 81.6 Å². The molecule has 0 radical (unpaired) electrons. The summed E-state index contributed by atoms with van der Waals surface area (Å²) < 4.78 is 2.15. The van der Waals surface area contributed by atoms with Crippen LogP contribution in [0.1, 0.15) is 79.4 Å². The maximum absolute atomic E-state index is 13.1. The summed E-state index contributed by atoms with van der Waals surface area (Å²) >= 11 is 0. The minimum absolute atomic E-state index is 0.0102. The van der Waals surface area contributed by atoms with Crippen LogP contribution in [0.5, 0.6) is 0 Å². The van der Waals surface area contributed by atoms with Gasteiger partial charge in [0.25, 0.3) is 11.8 Å². The van der Waals surface area contributed by atoms with E-state index in [-0.39, 0.29) is 53.3 Å². The van der Waals surface area contributed by atoms with Crippen molar-refractivity contribution in [2.45, 2.75) is 70.1 Å². The molecule has 3 aliphatic heterocycles. The van der Waals surface area contributed by atoms with Crippen LogP contribution in [0.4, 0.5) is 11.4 Å². The summed E-state index contributed by atoms with van der Waals surface area (Å²) in [5.74, 6) is -0.399. The molecule has 2 aromatic heterocycles. The Morgan fingerprint density at radius 1 is 0.981 bits per heavy atom. The Labute approximate surface area is 303 Å². The zero-order valence-electron chi connectivity index (χ0n) is 29.8. The number of allylic oxidation sites excluding steroid dienone is 1. The molecule has 5 aliphatic rings. The Bertz CT molecular complexity index is 1970. The molecule has 2 saturated carbocycles. The number of carbonyl (C=O) groups is 3. The van der Waals surface area contributed by atoms with Gasteiger partial charge in [0.05, 0.1) is 47.2 Å². The number of pyridine rings is 1.